The number of nitrogens with one attached hydrogen (secondary N) is 3. The maximum absolute atomic E-state index is 9.69. The van der Waals surface area contributed by atoms with Crippen molar-refractivity contribution in [1.82, 2.24) is 16.0 Å². The van der Waals surface area contributed by atoms with E-state index in [1.165, 1.54) is 0 Å². The van der Waals surface area contributed by atoms with E-state index >= 15 is 0 Å². The van der Waals surface area contributed by atoms with Crippen LogP contribution >= 0.6 is 0 Å². The molecule has 11 nitrogen and oxygen atoms in total. The summed E-state index contributed by atoms with van der Waals surface area (Å²) in [4.78, 5) is 37.7. The average molecular weight is 1000 g/mol. The first-order valence-corrected chi connectivity index (χ1v) is 10.3. The van der Waals surface area contributed by atoms with Gasteiger partial charge in [-0.15, -0.1) is 19.6 Å². The molecule has 0 bridgehead atoms. The molecule has 0 saturated heterocycles. The quantitative estimate of drug-likeness (QED) is 0.0470. The van der Waals surface area contributed by atoms with Crippen LogP contribution in [0.1, 0.15) is 44.9 Å². The molecule has 0 aromatic carbocycles. The number of unbranched alkanes of at least 4 members (excludes halogenated alkanes) is 4. The van der Waals surface area contributed by atoms with Crippen LogP contribution in [0.4, 0.5) is 0 Å². The molecule has 9 N–H and O–H groups in total. The van der Waals surface area contributed by atoms with Crippen LogP contribution in [0.15, 0.2) is 0 Å². The maximum Gasteiger partial charge on any atom is 2.00 e. The molecule has 204 valence electrons. The van der Waals surface area contributed by atoms with Gasteiger partial charge in [0.2, 0.25) is 0 Å². The van der Waals surface area contributed by atoms with Crippen molar-refractivity contribution in [1.29, 1.82) is 0 Å². The van der Waals surface area contributed by atoms with Gasteiger partial charge < -0.3 is 53.2 Å². The largest absolute Gasteiger partial charge is 2.00 e. The van der Waals surface area contributed by atoms with Gasteiger partial charge in [-0.25, -0.2) is 11.8 Å². The fraction of sp³-hybridized carbons (Fsp3) is 0.800. The number of nitrogens with two attached hydrogens (primary N) is 3. The van der Waals surface area contributed by atoms with Gasteiger partial charge in [-0.1, -0.05) is 6.42 Å². The van der Waals surface area contributed by atoms with Gasteiger partial charge in [-0.3, -0.25) is 18.9 Å². The molecule has 14 heteroatoms. The van der Waals surface area contributed by atoms with Crippen molar-refractivity contribution in [2.24, 2.45) is 17.5 Å². The molecule has 0 aromatic heterocycles. The topological polar surface area (TPSA) is 184 Å². The van der Waals surface area contributed by atoms with Gasteiger partial charge in [0.1, 0.15) is 0 Å². The zero-order valence-corrected chi connectivity index (χ0v) is 29.1. The molecule has 0 unspecified atom stereocenters. The van der Waals surface area contributed by atoms with Gasteiger partial charge in [0.05, 0.1) is 13.2 Å². The Morgan fingerprint density at radius 3 is 1.18 bits per heavy atom. The van der Waals surface area contributed by atoms with Crippen molar-refractivity contribution >= 4 is 18.9 Å². The zero-order chi connectivity index (χ0) is 23.0. The summed E-state index contributed by atoms with van der Waals surface area (Å²) in [5.74, 6) is 9.57. The van der Waals surface area contributed by atoms with Crippen LogP contribution in [0.3, 0.4) is 0 Å². The zero-order valence-electron chi connectivity index (χ0n) is 20.3. The predicted octanol–water partition coefficient (Wildman–Crippen LogP) is -1.03. The van der Waals surface area contributed by atoms with E-state index in [-0.39, 0.29) is 70.6 Å². The van der Waals surface area contributed by atoms with Gasteiger partial charge in [0.15, 0.2) is 0 Å². The molecule has 0 amide bonds. The minimum absolute atomic E-state index is 0. The first-order chi connectivity index (χ1) is 14.7. The van der Waals surface area contributed by atoms with Crippen LogP contribution in [0.2, 0.25) is 0 Å². The molecule has 0 aliphatic carbocycles. The second-order valence-electron chi connectivity index (χ2n) is 5.97. The Labute approximate surface area is 249 Å². The monoisotopic (exact) mass is 1000 g/mol. The molecule has 0 atom stereocenters. The second kappa shape index (κ2) is 59.1. The van der Waals surface area contributed by atoms with E-state index in [0.29, 0.717) is 32.8 Å². The Kier molecular flexibility index (Phi) is 89.4. The van der Waals surface area contributed by atoms with Crippen LogP contribution in [0.25, 0.3) is 0 Å². The number of rotatable bonds is 21. The Balaban J connectivity index is -0.0000000607. The summed E-state index contributed by atoms with van der Waals surface area (Å²) in [5, 5.41) is 8.68. The van der Waals surface area contributed by atoms with Crippen LogP contribution in [0, 0.1) is 7.43 Å². The van der Waals surface area contributed by atoms with Crippen molar-refractivity contribution in [3.05, 3.63) is 7.43 Å². The summed E-state index contributed by atoms with van der Waals surface area (Å²) in [7, 11) is 0. The summed E-state index contributed by atoms with van der Waals surface area (Å²) in [5.41, 5.74) is 5.29. The minimum atomic E-state index is 0. The van der Waals surface area contributed by atoms with Gasteiger partial charge in [0, 0.05) is 42.1 Å². The predicted molar refractivity (Wildman–Crippen MR) is 124 cm³/mol. The third kappa shape index (κ3) is 69.8. The van der Waals surface area contributed by atoms with Crippen LogP contribution in [-0.4, -0.2) is 77.9 Å². The van der Waals surface area contributed by atoms with Crippen LogP contribution in [-0.2, 0) is 87.3 Å². The van der Waals surface area contributed by atoms with Gasteiger partial charge in [-0.05, 0) is 64.7 Å². The van der Waals surface area contributed by atoms with Gasteiger partial charge in [-0.2, -0.15) is 0 Å². The number of hydrogen-bond donors (Lipinski definition) is 6. The molecule has 0 aromatic rings. The molecule has 0 saturated carbocycles. The molecule has 0 aliphatic rings. The SMILES string of the molecule is NCCCCCNC[C-]=O.NOCCCCNC[C-]=O.NOCCCCNC[C-]=O.[CH3-].[W+2].[W].[W]. The van der Waals surface area contributed by atoms with E-state index < -0.39 is 0 Å². The Hall–Kier alpha value is 0.755. The summed E-state index contributed by atoms with van der Waals surface area (Å²) in [6.07, 6.45) is 12.3. The fourth-order valence-electron chi connectivity index (χ4n) is 1.86. The fourth-order valence-corrected chi connectivity index (χ4v) is 1.86. The summed E-state index contributed by atoms with van der Waals surface area (Å²) < 4.78 is 0. The van der Waals surface area contributed by atoms with Crippen LogP contribution in [0.5, 0.6) is 0 Å². The third-order valence-corrected chi connectivity index (χ3v) is 3.38. The molecular weight excluding hydrogens is 956 g/mol. The van der Waals surface area contributed by atoms with E-state index in [4.69, 9.17) is 17.5 Å². The molecule has 0 heterocycles. The third-order valence-electron chi connectivity index (χ3n) is 3.38. The second-order valence-corrected chi connectivity index (χ2v) is 5.97. The van der Waals surface area contributed by atoms with E-state index in [1.54, 1.807) is 18.9 Å². The van der Waals surface area contributed by atoms with E-state index in [1.807, 2.05) is 0 Å². The molecule has 0 aliphatic heterocycles. The van der Waals surface area contributed by atoms with Crippen molar-refractivity contribution in [3.8, 4) is 0 Å². The van der Waals surface area contributed by atoms with Crippen molar-refractivity contribution in [2.45, 2.75) is 44.9 Å². The molecule has 0 spiro atoms. The summed E-state index contributed by atoms with van der Waals surface area (Å²) in [6.45, 7) is 5.42. The van der Waals surface area contributed by atoms with Crippen molar-refractivity contribution in [3.63, 3.8) is 0 Å². The molecule has 0 rings (SSSR count). The van der Waals surface area contributed by atoms with Crippen molar-refractivity contribution in [2.75, 3.05) is 59.0 Å². The molecule has 34 heavy (non-hydrogen) atoms. The maximum atomic E-state index is 9.69. The van der Waals surface area contributed by atoms with Gasteiger partial charge >= 0.3 is 21.1 Å². The molecule has 0 radical (unpaired) electrons. The van der Waals surface area contributed by atoms with Gasteiger partial charge in [0.25, 0.3) is 0 Å². The first-order valence-electron chi connectivity index (χ1n) is 10.3. The smallest absolute Gasteiger partial charge is 0.541 e. The van der Waals surface area contributed by atoms with E-state index in [2.05, 4.69) is 25.6 Å². The number of hydrogen-bond acceptors (Lipinski definition) is 11. The van der Waals surface area contributed by atoms with E-state index in [9.17, 15) is 14.4 Å². The normalized spacial score (nSPS) is 8.56. The number of carbonyl (C=O) groups excluding carboxylic acids is 3. The van der Waals surface area contributed by atoms with Crippen molar-refractivity contribution < 1.29 is 87.3 Å². The minimum Gasteiger partial charge on any atom is -0.541 e. The molecule has 0 fully saturated rings. The summed E-state index contributed by atoms with van der Waals surface area (Å²) >= 11 is 0. The molecular formula is C20H44N6O5W3-2. The standard InChI is InChI=1S/C7H15N2O.2C6H13N2O2.CH3.3W/c8-4-2-1-3-5-9-6-7-10;2*7-10-6-2-1-3-8-4-5-9;;;;/h9H,1-6,8H2;2*8H,1-4,6-7H2;1H3;;;/q4*-1;;;+2. The average Bonchev–Trinajstić information content (AvgIpc) is 2.77. The Morgan fingerprint density at radius 1 is 0.588 bits per heavy atom. The van der Waals surface area contributed by atoms with Crippen LogP contribution < -0.4 is 33.5 Å². The Morgan fingerprint density at radius 2 is 0.912 bits per heavy atom. The Bertz CT molecular complexity index is 296. The van der Waals surface area contributed by atoms with E-state index in [0.717, 1.165) is 71.1 Å². The first kappa shape index (κ1) is 51.4. The summed E-state index contributed by atoms with van der Waals surface area (Å²) in [6, 6.07) is 0.